The van der Waals surface area contributed by atoms with Crippen molar-refractivity contribution in [1.29, 1.82) is 0 Å². The Labute approximate surface area is 102 Å². The second-order valence-electron chi connectivity index (χ2n) is 3.72. The number of hydrogen-bond acceptors (Lipinski definition) is 1. The summed E-state index contributed by atoms with van der Waals surface area (Å²) >= 11 is 0. The number of rotatable bonds is 3. The number of anilines is 1. The third-order valence-electron chi connectivity index (χ3n) is 2.32. The second kappa shape index (κ2) is 4.53. The fourth-order valence-electron chi connectivity index (χ4n) is 1.22. The predicted octanol–water partition coefficient (Wildman–Crippen LogP) is 4.11. The van der Waals surface area contributed by atoms with Gasteiger partial charge in [0.15, 0.2) is 6.17 Å². The summed E-state index contributed by atoms with van der Waals surface area (Å²) in [5, 5.41) is 0. The molecule has 0 saturated carbocycles. The first-order valence-electron chi connectivity index (χ1n) is 4.73. The largest absolute Gasteiger partial charge is 0.460 e. The molecular formula is C10H7F8N. The highest BCUT2D eigenvalue weighted by Gasteiger charge is 2.76. The van der Waals surface area contributed by atoms with E-state index in [2.05, 4.69) is 0 Å². The molecule has 108 valence electrons. The monoisotopic (exact) mass is 293 g/mol. The summed E-state index contributed by atoms with van der Waals surface area (Å²) in [7, 11) is 0. The topological polar surface area (TPSA) is 26.0 Å². The first kappa shape index (κ1) is 15.5. The summed E-state index contributed by atoms with van der Waals surface area (Å²) in [6, 6.07) is 3.04. The van der Waals surface area contributed by atoms with E-state index >= 15 is 0 Å². The molecule has 2 N–H and O–H groups in total. The zero-order valence-electron chi connectivity index (χ0n) is 8.99. The van der Waals surface area contributed by atoms with Crippen LogP contribution in [0, 0.1) is 0 Å². The van der Waals surface area contributed by atoms with Gasteiger partial charge in [0.05, 0.1) is 0 Å². The van der Waals surface area contributed by atoms with Gasteiger partial charge in [-0.25, -0.2) is 4.39 Å². The minimum Gasteiger partial charge on any atom is -0.399 e. The van der Waals surface area contributed by atoms with E-state index in [1.807, 2.05) is 0 Å². The van der Waals surface area contributed by atoms with E-state index in [0.29, 0.717) is 12.1 Å². The Kier molecular flexibility index (Phi) is 3.70. The van der Waals surface area contributed by atoms with E-state index in [-0.39, 0.29) is 5.69 Å². The Morgan fingerprint density at radius 3 is 1.63 bits per heavy atom. The SMILES string of the molecule is Nc1ccc(C(F)C(F)(F)C(F)(F)C(F)(F)F)cc1. The average Bonchev–Trinajstić information content (AvgIpc) is 2.27. The zero-order chi connectivity index (χ0) is 15.1. The van der Waals surface area contributed by atoms with Crippen molar-refractivity contribution in [1.82, 2.24) is 0 Å². The van der Waals surface area contributed by atoms with Crippen LogP contribution in [0.1, 0.15) is 11.7 Å². The summed E-state index contributed by atoms with van der Waals surface area (Å²) < 4.78 is 100. The molecule has 0 heterocycles. The number of halogens is 8. The lowest BCUT2D eigenvalue weighted by Gasteiger charge is -2.30. The Bertz CT molecular complexity index is 436. The lowest BCUT2D eigenvalue weighted by atomic mass is 9.99. The van der Waals surface area contributed by atoms with Crippen molar-refractivity contribution in [3.8, 4) is 0 Å². The molecule has 1 atom stereocenters. The number of benzene rings is 1. The van der Waals surface area contributed by atoms with Crippen LogP contribution in [0.5, 0.6) is 0 Å². The van der Waals surface area contributed by atoms with Crippen LogP contribution in [0.4, 0.5) is 40.8 Å². The second-order valence-corrected chi connectivity index (χ2v) is 3.72. The summed E-state index contributed by atoms with van der Waals surface area (Å²) in [6.45, 7) is 0. The number of hydrogen-bond donors (Lipinski definition) is 1. The molecule has 0 amide bonds. The van der Waals surface area contributed by atoms with E-state index in [0.717, 1.165) is 12.1 Å². The van der Waals surface area contributed by atoms with E-state index in [9.17, 15) is 35.1 Å². The van der Waals surface area contributed by atoms with Crippen LogP contribution < -0.4 is 5.73 Å². The highest BCUT2D eigenvalue weighted by molar-refractivity contribution is 5.40. The Morgan fingerprint density at radius 1 is 0.842 bits per heavy atom. The molecule has 0 aliphatic carbocycles. The van der Waals surface area contributed by atoms with Crippen molar-refractivity contribution in [2.24, 2.45) is 0 Å². The molecule has 1 unspecified atom stereocenters. The average molecular weight is 293 g/mol. The molecule has 0 spiro atoms. The quantitative estimate of drug-likeness (QED) is 0.658. The van der Waals surface area contributed by atoms with Gasteiger partial charge in [0.25, 0.3) is 0 Å². The third kappa shape index (κ3) is 2.59. The highest BCUT2D eigenvalue weighted by atomic mass is 19.4. The maximum absolute atomic E-state index is 13.3. The van der Waals surface area contributed by atoms with E-state index < -0.39 is 29.8 Å². The van der Waals surface area contributed by atoms with Crippen molar-refractivity contribution in [3.63, 3.8) is 0 Å². The molecule has 19 heavy (non-hydrogen) atoms. The van der Waals surface area contributed by atoms with Gasteiger partial charge in [0.2, 0.25) is 0 Å². The summed E-state index contributed by atoms with van der Waals surface area (Å²) in [5.41, 5.74) is 4.14. The van der Waals surface area contributed by atoms with Crippen LogP contribution in [0.15, 0.2) is 24.3 Å². The summed E-state index contributed by atoms with van der Waals surface area (Å²) in [4.78, 5) is 0. The number of alkyl halides is 8. The lowest BCUT2D eigenvalue weighted by molar-refractivity contribution is -0.367. The van der Waals surface area contributed by atoms with Crippen LogP contribution in [0.3, 0.4) is 0 Å². The molecule has 1 aromatic carbocycles. The smallest absolute Gasteiger partial charge is 0.399 e. The molecule has 0 saturated heterocycles. The van der Waals surface area contributed by atoms with Crippen LogP contribution in [-0.2, 0) is 0 Å². The maximum Gasteiger partial charge on any atom is 0.460 e. The maximum atomic E-state index is 13.3. The number of nitrogen functional groups attached to an aromatic ring is 1. The summed E-state index contributed by atoms with van der Waals surface area (Å²) in [5.74, 6) is -12.4. The van der Waals surface area contributed by atoms with Crippen LogP contribution >= 0.6 is 0 Å². The third-order valence-corrected chi connectivity index (χ3v) is 2.32. The van der Waals surface area contributed by atoms with Crippen LogP contribution in [0.25, 0.3) is 0 Å². The van der Waals surface area contributed by atoms with Gasteiger partial charge in [-0.05, 0) is 17.7 Å². The summed E-state index contributed by atoms with van der Waals surface area (Å²) in [6.07, 6.45) is -10.4. The normalized spacial score (nSPS) is 15.4. The fraction of sp³-hybridized carbons (Fsp3) is 0.400. The first-order chi connectivity index (χ1) is 8.41. The van der Waals surface area contributed by atoms with Crippen LogP contribution in [0.2, 0.25) is 0 Å². The van der Waals surface area contributed by atoms with Gasteiger partial charge >= 0.3 is 18.0 Å². The van der Waals surface area contributed by atoms with Crippen molar-refractivity contribution in [2.75, 3.05) is 5.73 Å². The highest BCUT2D eigenvalue weighted by Crippen LogP contribution is 2.52. The molecule has 1 nitrogen and oxygen atoms in total. The van der Waals surface area contributed by atoms with Crippen molar-refractivity contribution < 1.29 is 35.1 Å². The van der Waals surface area contributed by atoms with Gasteiger partial charge in [0, 0.05) is 5.69 Å². The molecule has 0 aliphatic heterocycles. The molecule has 1 aromatic rings. The Balaban J connectivity index is 3.16. The Morgan fingerprint density at radius 2 is 1.26 bits per heavy atom. The predicted molar refractivity (Wildman–Crippen MR) is 50.7 cm³/mol. The van der Waals surface area contributed by atoms with Crippen molar-refractivity contribution in [3.05, 3.63) is 29.8 Å². The Hall–Kier alpha value is -1.54. The fourth-order valence-corrected chi connectivity index (χ4v) is 1.22. The van der Waals surface area contributed by atoms with E-state index in [1.165, 1.54) is 0 Å². The van der Waals surface area contributed by atoms with Gasteiger partial charge in [0.1, 0.15) is 0 Å². The molecule has 9 heteroatoms. The minimum absolute atomic E-state index is 0.0156. The van der Waals surface area contributed by atoms with E-state index in [1.54, 1.807) is 0 Å². The standard InChI is InChI=1S/C10H7F8N/c11-7(5-1-3-6(19)4-2-5)8(12,13)9(14,15)10(16,17)18/h1-4,7H,19H2. The zero-order valence-corrected chi connectivity index (χ0v) is 8.99. The molecule has 0 radical (unpaired) electrons. The molecule has 0 aliphatic rings. The number of nitrogens with two attached hydrogens (primary N) is 1. The molecule has 0 aromatic heterocycles. The lowest BCUT2D eigenvalue weighted by Crippen LogP contribution is -2.54. The first-order valence-corrected chi connectivity index (χ1v) is 4.73. The molecule has 0 bridgehead atoms. The van der Waals surface area contributed by atoms with Gasteiger partial charge in [-0.3, -0.25) is 0 Å². The molecule has 1 rings (SSSR count). The van der Waals surface area contributed by atoms with Gasteiger partial charge in [-0.2, -0.15) is 30.7 Å². The van der Waals surface area contributed by atoms with Crippen LogP contribution in [-0.4, -0.2) is 18.0 Å². The molecular weight excluding hydrogens is 286 g/mol. The van der Waals surface area contributed by atoms with Gasteiger partial charge in [-0.15, -0.1) is 0 Å². The molecule has 0 fully saturated rings. The van der Waals surface area contributed by atoms with Crippen molar-refractivity contribution >= 4 is 5.69 Å². The van der Waals surface area contributed by atoms with Gasteiger partial charge < -0.3 is 5.73 Å². The minimum atomic E-state index is -6.56. The van der Waals surface area contributed by atoms with Gasteiger partial charge in [-0.1, -0.05) is 12.1 Å². The van der Waals surface area contributed by atoms with E-state index in [4.69, 9.17) is 5.73 Å². The van der Waals surface area contributed by atoms with Crippen molar-refractivity contribution in [2.45, 2.75) is 24.2 Å².